The first-order valence-corrected chi connectivity index (χ1v) is 7.16. The average Bonchev–Trinajstić information content (AvgIpc) is 2.95. The predicted molar refractivity (Wildman–Crippen MR) is 70.8 cm³/mol. The third-order valence-corrected chi connectivity index (χ3v) is 5.17. The highest BCUT2D eigenvalue weighted by atomic mass is 16.3. The molecule has 0 aliphatic heterocycles. The van der Waals surface area contributed by atoms with E-state index in [1.54, 1.807) is 0 Å². The standard InChI is InChI=1S/C16H22O2/c1-9-10(2)18-11(3)16(9)15(17)8-14-7-12-4-5-13(14)6-12/h12-14H,4-8H2,1-3H3. The van der Waals surface area contributed by atoms with Crippen molar-refractivity contribution >= 4 is 5.78 Å². The highest BCUT2D eigenvalue weighted by Gasteiger charge is 2.40. The molecule has 2 heteroatoms. The van der Waals surface area contributed by atoms with Crippen LogP contribution in [0, 0.1) is 38.5 Å². The third kappa shape index (κ3) is 1.82. The van der Waals surface area contributed by atoms with Crippen molar-refractivity contribution in [3.05, 3.63) is 22.6 Å². The van der Waals surface area contributed by atoms with E-state index in [-0.39, 0.29) is 0 Å². The van der Waals surface area contributed by atoms with Gasteiger partial charge in [0.25, 0.3) is 0 Å². The van der Waals surface area contributed by atoms with Crippen LogP contribution in [-0.2, 0) is 0 Å². The Morgan fingerprint density at radius 2 is 1.94 bits per heavy atom. The minimum Gasteiger partial charge on any atom is -0.466 e. The van der Waals surface area contributed by atoms with Gasteiger partial charge in [0.05, 0.1) is 5.56 Å². The van der Waals surface area contributed by atoms with E-state index < -0.39 is 0 Å². The van der Waals surface area contributed by atoms with Crippen molar-refractivity contribution in [1.29, 1.82) is 0 Å². The summed E-state index contributed by atoms with van der Waals surface area (Å²) in [5, 5.41) is 0. The Morgan fingerprint density at radius 3 is 2.44 bits per heavy atom. The number of Topliss-reactive ketones (excluding diaryl/α,β-unsaturated/α-hetero) is 1. The molecular weight excluding hydrogens is 224 g/mol. The smallest absolute Gasteiger partial charge is 0.166 e. The molecule has 3 rings (SSSR count). The van der Waals surface area contributed by atoms with E-state index in [2.05, 4.69) is 0 Å². The van der Waals surface area contributed by atoms with Crippen molar-refractivity contribution in [3.63, 3.8) is 0 Å². The molecule has 2 aliphatic rings. The first-order valence-electron chi connectivity index (χ1n) is 7.16. The second-order valence-corrected chi connectivity index (χ2v) is 6.28. The number of fused-ring (bicyclic) bond motifs is 2. The van der Waals surface area contributed by atoms with Crippen molar-refractivity contribution in [2.75, 3.05) is 0 Å². The minimum atomic E-state index is 0.305. The molecule has 0 N–H and O–H groups in total. The second-order valence-electron chi connectivity index (χ2n) is 6.28. The number of carbonyl (C=O) groups is 1. The van der Waals surface area contributed by atoms with Crippen LogP contribution in [-0.4, -0.2) is 5.78 Å². The lowest BCUT2D eigenvalue weighted by molar-refractivity contribution is 0.0942. The Balaban J connectivity index is 1.75. The fourth-order valence-corrected chi connectivity index (χ4v) is 4.17. The van der Waals surface area contributed by atoms with Crippen LogP contribution in [0.5, 0.6) is 0 Å². The topological polar surface area (TPSA) is 30.2 Å². The van der Waals surface area contributed by atoms with Gasteiger partial charge in [0.2, 0.25) is 0 Å². The van der Waals surface area contributed by atoms with E-state index >= 15 is 0 Å². The van der Waals surface area contributed by atoms with Crippen molar-refractivity contribution < 1.29 is 9.21 Å². The van der Waals surface area contributed by atoms with Crippen molar-refractivity contribution in [2.45, 2.75) is 52.9 Å². The fourth-order valence-electron chi connectivity index (χ4n) is 4.17. The minimum absolute atomic E-state index is 0.305. The van der Waals surface area contributed by atoms with Gasteiger partial charge in [0, 0.05) is 12.0 Å². The van der Waals surface area contributed by atoms with Gasteiger partial charge in [0.15, 0.2) is 5.78 Å². The van der Waals surface area contributed by atoms with Gasteiger partial charge in [-0.15, -0.1) is 0 Å². The van der Waals surface area contributed by atoms with Crippen LogP contribution in [0.25, 0.3) is 0 Å². The molecule has 1 aromatic heterocycles. The number of hydrogen-bond acceptors (Lipinski definition) is 2. The average molecular weight is 246 g/mol. The molecule has 1 aromatic rings. The maximum absolute atomic E-state index is 12.5. The summed E-state index contributed by atoms with van der Waals surface area (Å²) >= 11 is 0. The first kappa shape index (κ1) is 12.0. The molecule has 2 fully saturated rings. The molecule has 2 bridgehead atoms. The van der Waals surface area contributed by atoms with E-state index in [4.69, 9.17) is 4.42 Å². The molecule has 3 unspecified atom stereocenters. The highest BCUT2D eigenvalue weighted by Crippen LogP contribution is 2.49. The quantitative estimate of drug-likeness (QED) is 0.748. The summed E-state index contributed by atoms with van der Waals surface area (Å²) in [6, 6.07) is 0. The molecule has 0 amide bonds. The van der Waals surface area contributed by atoms with Gasteiger partial charge in [0.1, 0.15) is 11.5 Å². The molecular formula is C16H22O2. The van der Waals surface area contributed by atoms with Crippen LogP contribution in [0.1, 0.15) is 59.5 Å². The fraction of sp³-hybridized carbons (Fsp3) is 0.688. The molecule has 18 heavy (non-hydrogen) atoms. The maximum atomic E-state index is 12.5. The number of aryl methyl sites for hydroxylation is 2. The van der Waals surface area contributed by atoms with E-state index in [0.717, 1.165) is 40.9 Å². The summed E-state index contributed by atoms with van der Waals surface area (Å²) in [5.41, 5.74) is 1.90. The number of rotatable bonds is 3. The van der Waals surface area contributed by atoms with Gasteiger partial charge >= 0.3 is 0 Å². The molecule has 2 saturated carbocycles. The number of furan rings is 1. The highest BCUT2D eigenvalue weighted by molar-refractivity contribution is 5.98. The predicted octanol–water partition coefficient (Wildman–Crippen LogP) is 4.21. The molecule has 2 nitrogen and oxygen atoms in total. The molecule has 0 spiro atoms. The zero-order valence-electron chi connectivity index (χ0n) is 11.6. The largest absolute Gasteiger partial charge is 0.466 e. The van der Waals surface area contributed by atoms with Gasteiger partial charge in [-0.3, -0.25) is 4.79 Å². The van der Waals surface area contributed by atoms with Crippen molar-refractivity contribution in [2.24, 2.45) is 17.8 Å². The van der Waals surface area contributed by atoms with Crippen LogP contribution >= 0.6 is 0 Å². The summed E-state index contributed by atoms with van der Waals surface area (Å²) in [5.74, 6) is 4.39. The van der Waals surface area contributed by atoms with Crippen molar-refractivity contribution in [3.8, 4) is 0 Å². The maximum Gasteiger partial charge on any atom is 0.166 e. The van der Waals surface area contributed by atoms with E-state index in [9.17, 15) is 4.79 Å². The number of ketones is 1. The van der Waals surface area contributed by atoms with Crippen LogP contribution in [0.15, 0.2) is 4.42 Å². The first-order chi connectivity index (χ1) is 8.56. The van der Waals surface area contributed by atoms with Crippen LogP contribution in [0.4, 0.5) is 0 Å². The Morgan fingerprint density at radius 1 is 1.17 bits per heavy atom. The SMILES string of the molecule is Cc1oc(C)c(C(=O)CC2CC3CCC2C3)c1C. The van der Waals surface area contributed by atoms with Crippen molar-refractivity contribution in [1.82, 2.24) is 0 Å². The van der Waals surface area contributed by atoms with Gasteiger partial charge in [-0.05, 0) is 57.8 Å². The molecule has 1 heterocycles. The summed E-state index contributed by atoms with van der Waals surface area (Å²) in [7, 11) is 0. The molecule has 0 radical (unpaired) electrons. The lowest BCUT2D eigenvalue weighted by Gasteiger charge is -2.20. The normalized spacial score (nSPS) is 30.1. The lowest BCUT2D eigenvalue weighted by atomic mass is 9.84. The monoisotopic (exact) mass is 246 g/mol. The van der Waals surface area contributed by atoms with Crippen LogP contribution < -0.4 is 0 Å². The summed E-state index contributed by atoms with van der Waals surface area (Å²) in [6.45, 7) is 5.85. The number of hydrogen-bond donors (Lipinski definition) is 0. The number of carbonyl (C=O) groups excluding carboxylic acids is 1. The van der Waals surface area contributed by atoms with Crippen LogP contribution in [0.2, 0.25) is 0 Å². The summed E-state index contributed by atoms with van der Waals surface area (Å²) in [4.78, 5) is 12.5. The third-order valence-electron chi connectivity index (χ3n) is 5.17. The van der Waals surface area contributed by atoms with E-state index in [1.165, 1.54) is 25.7 Å². The Bertz CT molecular complexity index is 484. The Labute approximate surface area is 109 Å². The molecule has 0 aromatic carbocycles. The Hall–Kier alpha value is -1.05. The van der Waals surface area contributed by atoms with E-state index in [0.29, 0.717) is 11.7 Å². The van der Waals surface area contributed by atoms with Crippen LogP contribution in [0.3, 0.4) is 0 Å². The van der Waals surface area contributed by atoms with E-state index in [1.807, 2.05) is 20.8 Å². The van der Waals surface area contributed by atoms with Gasteiger partial charge in [-0.1, -0.05) is 6.42 Å². The van der Waals surface area contributed by atoms with Gasteiger partial charge in [-0.25, -0.2) is 0 Å². The summed E-state index contributed by atoms with van der Waals surface area (Å²) < 4.78 is 5.57. The second kappa shape index (κ2) is 4.25. The molecule has 3 atom stereocenters. The molecule has 98 valence electrons. The lowest BCUT2D eigenvalue weighted by Crippen LogP contribution is -2.16. The molecule has 0 saturated heterocycles. The zero-order chi connectivity index (χ0) is 12.9. The zero-order valence-corrected chi connectivity index (χ0v) is 11.6. The van der Waals surface area contributed by atoms with Gasteiger partial charge < -0.3 is 4.42 Å². The van der Waals surface area contributed by atoms with Gasteiger partial charge in [-0.2, -0.15) is 0 Å². The Kier molecular flexibility index (Phi) is 2.84. The summed E-state index contributed by atoms with van der Waals surface area (Å²) in [6.07, 6.45) is 6.15. The molecule has 2 aliphatic carbocycles.